The molecule has 0 aromatic carbocycles. The molecule has 12 heteroatoms. The Bertz CT molecular complexity index is 783. The second-order valence-electron chi connectivity index (χ2n) is 6.24. The number of carbonyl (C=O) groups excluding carboxylic acids is 1. The maximum atomic E-state index is 12.2. The van der Waals surface area contributed by atoms with Crippen LogP contribution < -0.4 is 21.3 Å². The molecule has 0 bridgehead atoms. The van der Waals surface area contributed by atoms with Crippen molar-refractivity contribution in [1.29, 1.82) is 0 Å². The number of nitrogen functional groups attached to an aromatic ring is 1. The van der Waals surface area contributed by atoms with E-state index in [4.69, 9.17) is 17.3 Å². The number of anilines is 2. The Kier molecular flexibility index (Phi) is 5.92. The first-order chi connectivity index (χ1) is 12.8. The van der Waals surface area contributed by atoms with E-state index in [9.17, 15) is 14.9 Å². The van der Waals surface area contributed by atoms with Gasteiger partial charge >= 0.3 is 5.69 Å². The molecule has 1 fully saturated rings. The summed E-state index contributed by atoms with van der Waals surface area (Å²) in [6.07, 6.45) is 1.32. The van der Waals surface area contributed by atoms with Crippen molar-refractivity contribution in [2.75, 3.05) is 43.4 Å². The maximum Gasteiger partial charge on any atom is 0.335 e. The van der Waals surface area contributed by atoms with Gasteiger partial charge in [-0.1, -0.05) is 23.4 Å². The first kappa shape index (κ1) is 19.5. The predicted molar refractivity (Wildman–Crippen MR) is 105 cm³/mol. The summed E-state index contributed by atoms with van der Waals surface area (Å²) in [4.78, 5) is 30.6. The molecule has 3 heterocycles. The summed E-state index contributed by atoms with van der Waals surface area (Å²) in [6.45, 7) is 4.34. The number of allylic oxidation sites excluding steroid dienone is 1. The number of aromatic nitrogens is 1. The molecule has 146 valence electrons. The number of rotatable bonds is 5. The summed E-state index contributed by atoms with van der Waals surface area (Å²) in [5.41, 5.74) is 6.56. The molecule has 1 aromatic rings. The van der Waals surface area contributed by atoms with Gasteiger partial charge in [0, 0.05) is 31.9 Å². The second-order valence-corrected chi connectivity index (χ2v) is 7.62. The van der Waals surface area contributed by atoms with Gasteiger partial charge in [0.05, 0.1) is 22.7 Å². The number of halogens is 1. The van der Waals surface area contributed by atoms with Gasteiger partial charge in [-0.15, -0.1) is 0 Å². The summed E-state index contributed by atoms with van der Waals surface area (Å²) < 4.78 is 0. The third-order valence-corrected chi connectivity index (χ3v) is 5.55. The Morgan fingerprint density at radius 1 is 1.52 bits per heavy atom. The van der Waals surface area contributed by atoms with Crippen LogP contribution >= 0.6 is 23.4 Å². The van der Waals surface area contributed by atoms with Crippen LogP contribution in [0.15, 0.2) is 17.3 Å². The molecule has 1 amide bonds. The maximum absolute atomic E-state index is 12.2. The first-order valence-corrected chi connectivity index (χ1v) is 9.61. The number of piperazine rings is 1. The molecule has 0 spiro atoms. The number of carbonyl (C=O) groups is 1. The van der Waals surface area contributed by atoms with Gasteiger partial charge in [0.25, 0.3) is 0 Å². The van der Waals surface area contributed by atoms with Crippen LogP contribution in [0.5, 0.6) is 0 Å². The SMILES string of the molecule is CC1=CSC(NC(=O)CN2CCN(c3c(Cl)cnc(N)c3[N+](=O)[O-])CC2)N1. The number of nitrogens with two attached hydrogens (primary N) is 1. The number of hydrogen-bond acceptors (Lipinski definition) is 9. The highest BCUT2D eigenvalue weighted by Crippen LogP contribution is 2.38. The van der Waals surface area contributed by atoms with E-state index in [0.29, 0.717) is 26.2 Å². The number of pyridine rings is 1. The molecule has 0 aliphatic carbocycles. The molecule has 1 atom stereocenters. The van der Waals surface area contributed by atoms with E-state index in [1.54, 1.807) is 0 Å². The summed E-state index contributed by atoms with van der Waals surface area (Å²) >= 11 is 7.67. The molecule has 0 saturated carbocycles. The minimum absolute atomic E-state index is 0.0753. The minimum atomic E-state index is -0.564. The van der Waals surface area contributed by atoms with E-state index in [0.717, 1.165) is 5.70 Å². The molecule has 3 rings (SSSR count). The van der Waals surface area contributed by atoms with Gasteiger partial charge in [0.2, 0.25) is 11.7 Å². The Morgan fingerprint density at radius 2 is 2.22 bits per heavy atom. The highest BCUT2D eigenvalue weighted by atomic mass is 35.5. The van der Waals surface area contributed by atoms with Crippen LogP contribution in [0.3, 0.4) is 0 Å². The molecular formula is C15H20ClN7O3S. The second kappa shape index (κ2) is 8.19. The van der Waals surface area contributed by atoms with Crippen LogP contribution in [0.1, 0.15) is 6.92 Å². The lowest BCUT2D eigenvalue weighted by Gasteiger charge is -2.35. The van der Waals surface area contributed by atoms with Crippen molar-refractivity contribution in [3.63, 3.8) is 0 Å². The fourth-order valence-corrected chi connectivity index (χ4v) is 4.12. The molecule has 27 heavy (non-hydrogen) atoms. The van der Waals surface area contributed by atoms with Crippen LogP contribution in [0.2, 0.25) is 5.02 Å². The molecule has 2 aliphatic heterocycles. The van der Waals surface area contributed by atoms with Crippen molar-refractivity contribution in [2.24, 2.45) is 0 Å². The highest BCUT2D eigenvalue weighted by molar-refractivity contribution is 8.02. The number of nitrogens with zero attached hydrogens (tertiary/aromatic N) is 4. The molecule has 1 unspecified atom stereocenters. The zero-order valence-corrected chi connectivity index (χ0v) is 16.2. The van der Waals surface area contributed by atoms with Crippen molar-refractivity contribution < 1.29 is 9.72 Å². The molecule has 1 saturated heterocycles. The largest absolute Gasteiger partial charge is 0.378 e. The van der Waals surface area contributed by atoms with Crippen LogP contribution in [-0.4, -0.2) is 58.9 Å². The van der Waals surface area contributed by atoms with Gasteiger partial charge in [-0.05, 0) is 12.3 Å². The van der Waals surface area contributed by atoms with E-state index in [2.05, 4.69) is 15.6 Å². The van der Waals surface area contributed by atoms with Crippen molar-refractivity contribution in [2.45, 2.75) is 12.4 Å². The van der Waals surface area contributed by atoms with E-state index in [-0.39, 0.29) is 40.2 Å². The third kappa shape index (κ3) is 4.54. The smallest absolute Gasteiger partial charge is 0.335 e. The number of thioether (sulfide) groups is 1. The Balaban J connectivity index is 1.57. The van der Waals surface area contributed by atoms with Crippen molar-refractivity contribution in [3.8, 4) is 0 Å². The fourth-order valence-electron chi connectivity index (χ4n) is 3.00. The summed E-state index contributed by atoms with van der Waals surface area (Å²) in [5.74, 6) is -0.236. The molecule has 4 N–H and O–H groups in total. The van der Waals surface area contributed by atoms with Crippen LogP contribution in [0, 0.1) is 10.1 Å². The average molecular weight is 414 g/mol. The predicted octanol–water partition coefficient (Wildman–Crippen LogP) is 0.945. The monoisotopic (exact) mass is 413 g/mol. The summed E-state index contributed by atoms with van der Waals surface area (Å²) in [6, 6.07) is 0. The molecule has 2 aliphatic rings. The van der Waals surface area contributed by atoms with Crippen molar-refractivity contribution in [3.05, 3.63) is 32.4 Å². The Hall–Kier alpha value is -2.24. The van der Waals surface area contributed by atoms with Crippen LogP contribution in [-0.2, 0) is 4.79 Å². The number of nitrogens with one attached hydrogen (secondary N) is 2. The Morgan fingerprint density at radius 3 is 2.81 bits per heavy atom. The normalized spacial score (nSPS) is 20.1. The quantitative estimate of drug-likeness (QED) is 0.477. The van der Waals surface area contributed by atoms with Crippen LogP contribution in [0.25, 0.3) is 0 Å². The fraction of sp³-hybridized carbons (Fsp3) is 0.467. The van der Waals surface area contributed by atoms with Gasteiger partial charge in [0.15, 0.2) is 5.50 Å². The number of hydrogen-bond donors (Lipinski definition) is 3. The van der Waals surface area contributed by atoms with Crippen molar-refractivity contribution >= 4 is 46.5 Å². The summed E-state index contributed by atoms with van der Waals surface area (Å²) in [7, 11) is 0. The van der Waals surface area contributed by atoms with Crippen molar-refractivity contribution in [1.82, 2.24) is 20.5 Å². The van der Waals surface area contributed by atoms with E-state index >= 15 is 0 Å². The molecular weight excluding hydrogens is 394 g/mol. The molecule has 0 radical (unpaired) electrons. The topological polar surface area (TPSA) is 130 Å². The lowest BCUT2D eigenvalue weighted by molar-refractivity contribution is -0.383. The molecule has 1 aromatic heterocycles. The summed E-state index contributed by atoms with van der Waals surface area (Å²) in [5, 5.41) is 19.6. The lowest BCUT2D eigenvalue weighted by atomic mass is 10.2. The Labute approximate surface area is 165 Å². The standard InChI is InChI=1S/C15H20ClN7O3S/c1-9-8-27-15(19-9)20-11(24)7-21-2-4-22(5-3-21)12-10(16)6-18-14(17)13(12)23(25)26/h6,8,15,19H,2-5,7H2,1H3,(H2,17,18)(H,20,24). The van der Waals surface area contributed by atoms with E-state index in [1.807, 2.05) is 22.1 Å². The van der Waals surface area contributed by atoms with Gasteiger partial charge in [0.1, 0.15) is 5.69 Å². The molecule has 10 nitrogen and oxygen atoms in total. The lowest BCUT2D eigenvalue weighted by Crippen LogP contribution is -2.51. The number of nitro groups is 1. The average Bonchev–Trinajstić information content (AvgIpc) is 3.02. The van der Waals surface area contributed by atoms with Gasteiger partial charge in [-0.2, -0.15) is 0 Å². The van der Waals surface area contributed by atoms with Gasteiger partial charge in [-0.25, -0.2) is 4.98 Å². The van der Waals surface area contributed by atoms with E-state index in [1.165, 1.54) is 18.0 Å². The zero-order chi connectivity index (χ0) is 19.6. The minimum Gasteiger partial charge on any atom is -0.378 e. The van der Waals surface area contributed by atoms with Crippen LogP contribution in [0.4, 0.5) is 17.2 Å². The van der Waals surface area contributed by atoms with E-state index < -0.39 is 4.92 Å². The van der Waals surface area contributed by atoms with Gasteiger partial charge in [-0.3, -0.25) is 19.8 Å². The third-order valence-electron chi connectivity index (χ3n) is 4.28. The number of amides is 1. The first-order valence-electron chi connectivity index (χ1n) is 8.29. The highest BCUT2D eigenvalue weighted by Gasteiger charge is 2.30. The zero-order valence-electron chi connectivity index (χ0n) is 14.6. The van der Waals surface area contributed by atoms with Gasteiger partial charge < -0.3 is 21.3 Å².